The number of carbonyl (C=O) groups is 1. The number of hydrogen-bond donors (Lipinski definition) is 2. The molecule has 2 aromatic carbocycles. The molecular weight excluding hydrogens is 293 g/mol. The van der Waals surface area contributed by atoms with Crippen molar-refractivity contribution in [3.8, 4) is 0 Å². The van der Waals surface area contributed by atoms with Crippen LogP contribution in [0.2, 0.25) is 0 Å². The summed E-state index contributed by atoms with van der Waals surface area (Å²) >= 11 is 0. The van der Waals surface area contributed by atoms with E-state index < -0.39 is 0 Å². The molecule has 0 saturated carbocycles. The lowest BCUT2D eigenvalue weighted by Crippen LogP contribution is -2.24. The molecule has 0 aromatic heterocycles. The lowest BCUT2D eigenvalue weighted by atomic mass is 10.2. The first kappa shape index (κ1) is 16.8. The number of nitrogens with zero attached hydrogens (tertiary/aromatic N) is 1. The molecule has 0 fully saturated rings. The molecule has 0 heterocycles. The highest BCUT2D eigenvalue weighted by Crippen LogP contribution is 2.15. The van der Waals surface area contributed by atoms with Crippen molar-refractivity contribution in [2.75, 3.05) is 30.9 Å². The van der Waals surface area contributed by atoms with Crippen LogP contribution in [0.5, 0.6) is 0 Å². The van der Waals surface area contributed by atoms with E-state index in [1.807, 2.05) is 43.3 Å². The van der Waals surface area contributed by atoms with E-state index in [0.29, 0.717) is 19.5 Å². The van der Waals surface area contributed by atoms with Crippen molar-refractivity contribution in [1.82, 2.24) is 5.32 Å². The topological polar surface area (TPSA) is 44.4 Å². The van der Waals surface area contributed by atoms with Crippen LogP contribution < -0.4 is 15.5 Å². The molecule has 2 N–H and O–H groups in total. The Morgan fingerprint density at radius 3 is 2.30 bits per heavy atom. The van der Waals surface area contributed by atoms with Crippen molar-refractivity contribution in [3.05, 3.63) is 59.9 Å². The molecule has 0 aliphatic rings. The van der Waals surface area contributed by atoms with Gasteiger partial charge in [0.15, 0.2) is 0 Å². The molecule has 4 nitrogen and oxygen atoms in total. The van der Waals surface area contributed by atoms with Crippen LogP contribution in [0.1, 0.15) is 12.0 Å². The van der Waals surface area contributed by atoms with Gasteiger partial charge in [0.05, 0.1) is 0 Å². The van der Waals surface area contributed by atoms with Gasteiger partial charge >= 0.3 is 0 Å². The van der Waals surface area contributed by atoms with E-state index in [2.05, 4.69) is 10.6 Å². The third kappa shape index (κ3) is 5.62. The molecule has 2 aromatic rings. The van der Waals surface area contributed by atoms with E-state index in [9.17, 15) is 9.18 Å². The minimum atomic E-state index is -0.274. The minimum absolute atomic E-state index is 0.0354. The van der Waals surface area contributed by atoms with Gasteiger partial charge in [-0.2, -0.15) is 0 Å². The van der Waals surface area contributed by atoms with Crippen LogP contribution in [0.3, 0.4) is 0 Å². The fraction of sp³-hybridized carbons (Fsp3) is 0.278. The normalized spacial score (nSPS) is 10.2. The van der Waals surface area contributed by atoms with Crippen LogP contribution in [0.15, 0.2) is 48.5 Å². The molecule has 2 rings (SSSR count). The number of benzene rings is 2. The van der Waals surface area contributed by atoms with Crippen LogP contribution in [0.25, 0.3) is 0 Å². The number of hydrogen-bond acceptors (Lipinski definition) is 3. The Bertz CT molecular complexity index is 624. The Morgan fingerprint density at radius 2 is 1.70 bits per heavy atom. The molecule has 0 aliphatic carbocycles. The predicted molar refractivity (Wildman–Crippen MR) is 92.1 cm³/mol. The molecule has 0 spiro atoms. The van der Waals surface area contributed by atoms with Crippen molar-refractivity contribution in [2.45, 2.75) is 13.0 Å². The van der Waals surface area contributed by atoms with Crippen LogP contribution >= 0.6 is 0 Å². The second-order valence-corrected chi connectivity index (χ2v) is 5.52. The van der Waals surface area contributed by atoms with E-state index >= 15 is 0 Å². The molecule has 5 heteroatoms. The summed E-state index contributed by atoms with van der Waals surface area (Å²) in [5.41, 5.74) is 3.00. The van der Waals surface area contributed by atoms with Gasteiger partial charge in [-0.1, -0.05) is 12.1 Å². The van der Waals surface area contributed by atoms with E-state index in [1.54, 1.807) is 12.1 Å². The fourth-order valence-electron chi connectivity index (χ4n) is 2.09. The summed E-state index contributed by atoms with van der Waals surface area (Å²) in [5, 5.41) is 6.04. The molecule has 0 radical (unpaired) electrons. The summed E-state index contributed by atoms with van der Waals surface area (Å²) in [4.78, 5) is 13.8. The van der Waals surface area contributed by atoms with Crippen molar-refractivity contribution in [2.24, 2.45) is 0 Å². The molecule has 122 valence electrons. The Hall–Kier alpha value is -2.56. The van der Waals surface area contributed by atoms with Crippen molar-refractivity contribution in [3.63, 3.8) is 0 Å². The van der Waals surface area contributed by atoms with Gasteiger partial charge < -0.3 is 15.5 Å². The molecule has 0 bridgehead atoms. The second-order valence-electron chi connectivity index (χ2n) is 5.52. The number of carbonyl (C=O) groups excluding carboxylic acids is 1. The lowest BCUT2D eigenvalue weighted by molar-refractivity contribution is -0.121. The van der Waals surface area contributed by atoms with Gasteiger partial charge in [0.25, 0.3) is 0 Å². The number of anilines is 2. The Morgan fingerprint density at radius 1 is 1.04 bits per heavy atom. The van der Waals surface area contributed by atoms with Crippen LogP contribution in [0, 0.1) is 5.82 Å². The van der Waals surface area contributed by atoms with Gasteiger partial charge in [0, 0.05) is 45.0 Å². The Labute approximate surface area is 136 Å². The molecule has 23 heavy (non-hydrogen) atoms. The average molecular weight is 315 g/mol. The zero-order chi connectivity index (χ0) is 16.7. The van der Waals surface area contributed by atoms with Gasteiger partial charge in [-0.05, 0) is 42.0 Å². The highest BCUT2D eigenvalue weighted by molar-refractivity contribution is 5.76. The van der Waals surface area contributed by atoms with Gasteiger partial charge in [0.1, 0.15) is 5.82 Å². The van der Waals surface area contributed by atoms with Crippen LogP contribution in [-0.2, 0) is 11.3 Å². The van der Waals surface area contributed by atoms with Gasteiger partial charge in [-0.25, -0.2) is 4.39 Å². The average Bonchev–Trinajstić information content (AvgIpc) is 2.55. The lowest BCUT2D eigenvalue weighted by Gasteiger charge is -2.13. The summed E-state index contributed by atoms with van der Waals surface area (Å²) in [7, 11) is 3.99. The largest absolute Gasteiger partial charge is 0.385 e. The van der Waals surface area contributed by atoms with Gasteiger partial charge in [0.2, 0.25) is 5.91 Å². The fourth-order valence-corrected chi connectivity index (χ4v) is 2.09. The monoisotopic (exact) mass is 315 g/mol. The minimum Gasteiger partial charge on any atom is -0.385 e. The van der Waals surface area contributed by atoms with E-state index in [4.69, 9.17) is 0 Å². The van der Waals surface area contributed by atoms with E-state index in [1.165, 1.54) is 12.1 Å². The third-order valence-corrected chi connectivity index (χ3v) is 3.47. The summed E-state index contributed by atoms with van der Waals surface area (Å²) in [5.74, 6) is -0.309. The quantitative estimate of drug-likeness (QED) is 0.825. The molecule has 0 unspecified atom stereocenters. The predicted octanol–water partition coefficient (Wildman–Crippen LogP) is 3.01. The number of nitrogens with one attached hydrogen (secondary N) is 2. The maximum Gasteiger partial charge on any atom is 0.222 e. The maximum absolute atomic E-state index is 12.8. The first-order valence-electron chi connectivity index (χ1n) is 7.57. The first-order valence-corrected chi connectivity index (χ1v) is 7.57. The summed E-state index contributed by atoms with van der Waals surface area (Å²) in [6.07, 6.45) is 0.386. The standard InChI is InChI=1S/C18H22FN3O/c1-22(2)17-9-7-16(8-10-17)20-12-11-18(23)21-13-14-3-5-15(19)6-4-14/h3-10,20H,11-13H2,1-2H3,(H,21,23). The SMILES string of the molecule is CN(C)c1ccc(NCCC(=O)NCc2ccc(F)cc2)cc1. The first-order chi connectivity index (χ1) is 11.0. The van der Waals surface area contributed by atoms with Gasteiger partial charge in [-0.15, -0.1) is 0 Å². The molecule has 0 saturated heterocycles. The van der Waals surface area contributed by atoms with E-state index in [-0.39, 0.29) is 11.7 Å². The van der Waals surface area contributed by atoms with Crippen LogP contribution in [0.4, 0.5) is 15.8 Å². The molecule has 0 atom stereocenters. The van der Waals surface area contributed by atoms with Crippen molar-refractivity contribution in [1.29, 1.82) is 0 Å². The molecule has 1 amide bonds. The van der Waals surface area contributed by atoms with E-state index in [0.717, 1.165) is 16.9 Å². The number of amides is 1. The highest BCUT2D eigenvalue weighted by atomic mass is 19.1. The number of rotatable bonds is 7. The van der Waals surface area contributed by atoms with Crippen molar-refractivity contribution >= 4 is 17.3 Å². The third-order valence-electron chi connectivity index (χ3n) is 3.47. The maximum atomic E-state index is 12.8. The summed E-state index contributed by atoms with van der Waals surface area (Å²) < 4.78 is 12.8. The summed E-state index contributed by atoms with van der Waals surface area (Å²) in [6, 6.07) is 14.1. The second kappa shape index (κ2) is 8.17. The smallest absolute Gasteiger partial charge is 0.222 e. The Balaban J connectivity index is 1.69. The highest BCUT2D eigenvalue weighted by Gasteiger charge is 2.02. The molecular formula is C18H22FN3O. The van der Waals surface area contributed by atoms with Gasteiger partial charge in [-0.3, -0.25) is 4.79 Å². The number of halogens is 1. The zero-order valence-corrected chi connectivity index (χ0v) is 13.5. The zero-order valence-electron chi connectivity index (χ0n) is 13.5. The summed E-state index contributed by atoms with van der Waals surface area (Å²) in [6.45, 7) is 0.979. The van der Waals surface area contributed by atoms with Crippen LogP contribution in [-0.4, -0.2) is 26.5 Å². The Kier molecular flexibility index (Phi) is 5.97. The molecule has 0 aliphatic heterocycles. The van der Waals surface area contributed by atoms with Crippen molar-refractivity contribution < 1.29 is 9.18 Å².